The van der Waals surface area contributed by atoms with E-state index in [1.54, 1.807) is 4.90 Å². The summed E-state index contributed by atoms with van der Waals surface area (Å²) < 4.78 is 4.48. The highest BCUT2D eigenvalue weighted by atomic mass is 16.5. The summed E-state index contributed by atoms with van der Waals surface area (Å²) in [5, 5.41) is 11.6. The average Bonchev–Trinajstić information content (AvgIpc) is 2.97. The largest absolute Gasteiger partial charge is 0.480 e. The third-order valence-electron chi connectivity index (χ3n) is 3.83. The second-order valence-corrected chi connectivity index (χ2v) is 5.18. The molecule has 7 nitrogen and oxygen atoms in total. The molecule has 21 heavy (non-hydrogen) atoms. The highest BCUT2D eigenvalue weighted by Gasteiger charge is 2.28. The van der Waals surface area contributed by atoms with Gasteiger partial charge in [-0.25, -0.2) is 9.59 Å². The van der Waals surface area contributed by atoms with Crippen LogP contribution in [0.25, 0.3) is 0 Å². The predicted molar refractivity (Wildman–Crippen MR) is 75.8 cm³/mol. The molecule has 2 amide bonds. The number of hydrogen-bond acceptors (Lipinski definition) is 4. The smallest absolute Gasteiger partial charge is 0.326 e. The van der Waals surface area contributed by atoms with Crippen LogP contribution in [0.5, 0.6) is 0 Å². The van der Waals surface area contributed by atoms with Crippen molar-refractivity contribution >= 4 is 18.0 Å². The molecule has 1 aliphatic rings. The zero-order valence-electron chi connectivity index (χ0n) is 12.6. The second kappa shape index (κ2) is 8.49. The van der Waals surface area contributed by atoms with Crippen LogP contribution >= 0.6 is 0 Å². The van der Waals surface area contributed by atoms with E-state index in [2.05, 4.69) is 10.1 Å². The Bertz CT molecular complexity index is 380. The molecular weight excluding hydrogens is 276 g/mol. The fourth-order valence-electron chi connectivity index (χ4n) is 2.64. The second-order valence-electron chi connectivity index (χ2n) is 5.18. The molecule has 0 heterocycles. The van der Waals surface area contributed by atoms with Gasteiger partial charge in [0.15, 0.2) is 0 Å². The lowest BCUT2D eigenvalue weighted by Gasteiger charge is -2.29. The minimum atomic E-state index is -1.14. The van der Waals surface area contributed by atoms with Crippen molar-refractivity contribution in [3.05, 3.63) is 0 Å². The van der Waals surface area contributed by atoms with Gasteiger partial charge in [0.2, 0.25) is 0 Å². The molecule has 0 spiro atoms. The van der Waals surface area contributed by atoms with Gasteiger partial charge in [-0.15, -0.1) is 0 Å². The molecular formula is C14H24N2O5. The number of urea groups is 1. The number of ether oxygens (including phenoxy) is 1. The average molecular weight is 300 g/mol. The minimum Gasteiger partial charge on any atom is -0.480 e. The molecule has 1 fully saturated rings. The van der Waals surface area contributed by atoms with Gasteiger partial charge < -0.3 is 20.1 Å². The Hall–Kier alpha value is -1.79. The highest BCUT2D eigenvalue weighted by Crippen LogP contribution is 2.23. The number of hydrogen-bond donors (Lipinski definition) is 2. The van der Waals surface area contributed by atoms with Gasteiger partial charge in [0.1, 0.15) is 6.04 Å². The molecule has 0 bridgehead atoms. The number of carboxylic acid groups (broad SMARTS) is 1. The van der Waals surface area contributed by atoms with Crippen LogP contribution in [0.4, 0.5) is 4.79 Å². The number of esters is 1. The van der Waals surface area contributed by atoms with E-state index in [0.717, 1.165) is 25.7 Å². The van der Waals surface area contributed by atoms with Crippen molar-refractivity contribution in [1.82, 2.24) is 10.2 Å². The third-order valence-corrected chi connectivity index (χ3v) is 3.83. The van der Waals surface area contributed by atoms with Crippen molar-refractivity contribution in [3.63, 3.8) is 0 Å². The molecule has 0 saturated heterocycles. The zero-order chi connectivity index (χ0) is 15.8. The topological polar surface area (TPSA) is 95.9 Å². The lowest BCUT2D eigenvalue weighted by Crippen LogP contribution is -2.50. The minimum absolute atomic E-state index is 0.0238. The molecule has 1 aliphatic carbocycles. The summed E-state index contributed by atoms with van der Waals surface area (Å²) in [5.74, 6) is -1.63. The summed E-state index contributed by atoms with van der Waals surface area (Å²) >= 11 is 0. The maximum Gasteiger partial charge on any atom is 0.326 e. The van der Waals surface area contributed by atoms with E-state index in [9.17, 15) is 14.4 Å². The van der Waals surface area contributed by atoms with Crippen molar-refractivity contribution < 1.29 is 24.2 Å². The van der Waals surface area contributed by atoms with Crippen LogP contribution in [0.1, 0.15) is 45.4 Å². The first-order chi connectivity index (χ1) is 9.99. The SMILES string of the molecule is CCN(C(=O)N[C@@H](CCC(=O)OC)C(=O)O)C1CCCC1. The highest BCUT2D eigenvalue weighted by molar-refractivity contribution is 5.83. The summed E-state index contributed by atoms with van der Waals surface area (Å²) in [6.07, 6.45) is 4.10. The predicted octanol–water partition coefficient (Wildman–Crippen LogP) is 1.37. The lowest BCUT2D eigenvalue weighted by molar-refractivity contribution is -0.142. The summed E-state index contributed by atoms with van der Waals surface area (Å²) in [4.78, 5) is 36.2. The maximum atomic E-state index is 12.2. The van der Waals surface area contributed by atoms with Gasteiger partial charge in [-0.2, -0.15) is 0 Å². The van der Waals surface area contributed by atoms with Gasteiger partial charge in [0.05, 0.1) is 7.11 Å². The molecule has 1 rings (SSSR count). The van der Waals surface area contributed by atoms with Gasteiger partial charge >= 0.3 is 18.0 Å². The Kier molecular flexibility index (Phi) is 6.98. The molecule has 120 valence electrons. The van der Waals surface area contributed by atoms with Crippen LogP contribution in [0.15, 0.2) is 0 Å². The van der Waals surface area contributed by atoms with E-state index < -0.39 is 18.0 Å². The first-order valence-corrected chi connectivity index (χ1v) is 7.36. The Labute approximate surface area is 124 Å². The molecule has 0 unspecified atom stereocenters. The van der Waals surface area contributed by atoms with Gasteiger partial charge in [0.25, 0.3) is 0 Å². The molecule has 1 atom stereocenters. The Morgan fingerprint density at radius 1 is 1.33 bits per heavy atom. The quantitative estimate of drug-likeness (QED) is 0.692. The first-order valence-electron chi connectivity index (χ1n) is 7.36. The van der Waals surface area contributed by atoms with E-state index in [1.807, 2.05) is 6.92 Å². The number of nitrogens with one attached hydrogen (secondary N) is 1. The Morgan fingerprint density at radius 2 is 1.95 bits per heavy atom. The van der Waals surface area contributed by atoms with Crippen molar-refractivity contribution in [3.8, 4) is 0 Å². The number of methoxy groups -OCH3 is 1. The maximum absolute atomic E-state index is 12.2. The van der Waals surface area contributed by atoms with Crippen LogP contribution in [0.2, 0.25) is 0 Å². The number of carbonyl (C=O) groups is 3. The van der Waals surface area contributed by atoms with E-state index in [0.29, 0.717) is 6.54 Å². The number of carboxylic acids is 1. The van der Waals surface area contributed by atoms with Crippen molar-refractivity contribution in [2.24, 2.45) is 0 Å². The Balaban J connectivity index is 2.57. The van der Waals surface area contributed by atoms with Gasteiger partial charge in [-0.1, -0.05) is 12.8 Å². The molecule has 1 saturated carbocycles. The summed E-state index contributed by atoms with van der Waals surface area (Å²) in [5.41, 5.74) is 0. The number of nitrogens with zero attached hydrogens (tertiary/aromatic N) is 1. The third kappa shape index (κ3) is 5.24. The number of amides is 2. The van der Waals surface area contributed by atoms with Crippen LogP contribution in [0.3, 0.4) is 0 Å². The normalized spacial score (nSPS) is 16.3. The lowest BCUT2D eigenvalue weighted by atomic mass is 10.1. The molecule has 0 aromatic carbocycles. The van der Waals surface area contributed by atoms with E-state index in [1.165, 1.54) is 7.11 Å². The monoisotopic (exact) mass is 300 g/mol. The standard InChI is InChI=1S/C14H24N2O5/c1-3-16(10-6-4-5-7-10)14(20)15-11(13(18)19)8-9-12(17)21-2/h10-11H,3-9H2,1-2H3,(H,15,20)(H,18,19)/t11-/m0/s1. The van der Waals surface area contributed by atoms with Crippen molar-refractivity contribution in [2.75, 3.05) is 13.7 Å². The van der Waals surface area contributed by atoms with Crippen molar-refractivity contribution in [2.45, 2.75) is 57.5 Å². The molecule has 7 heteroatoms. The van der Waals surface area contributed by atoms with Gasteiger partial charge in [-0.3, -0.25) is 4.79 Å². The summed E-state index contributed by atoms with van der Waals surface area (Å²) in [7, 11) is 1.25. The van der Waals surface area contributed by atoms with Gasteiger partial charge in [0, 0.05) is 19.0 Å². The molecule has 0 radical (unpaired) electrons. The number of aliphatic carboxylic acids is 1. The Morgan fingerprint density at radius 3 is 2.43 bits per heavy atom. The van der Waals surface area contributed by atoms with Crippen LogP contribution < -0.4 is 5.32 Å². The number of rotatable bonds is 7. The fourth-order valence-corrected chi connectivity index (χ4v) is 2.64. The molecule has 0 aliphatic heterocycles. The van der Waals surface area contributed by atoms with Gasteiger partial charge in [-0.05, 0) is 26.2 Å². The zero-order valence-corrected chi connectivity index (χ0v) is 12.6. The number of carbonyl (C=O) groups excluding carboxylic acids is 2. The molecule has 2 N–H and O–H groups in total. The van der Waals surface area contributed by atoms with Crippen LogP contribution in [-0.2, 0) is 14.3 Å². The fraction of sp³-hybridized carbons (Fsp3) is 0.786. The van der Waals surface area contributed by atoms with Crippen LogP contribution in [0, 0.1) is 0 Å². The summed E-state index contributed by atoms with van der Waals surface area (Å²) in [6, 6.07) is -1.27. The first kappa shape index (κ1) is 17.3. The molecule has 0 aromatic heterocycles. The van der Waals surface area contributed by atoms with E-state index >= 15 is 0 Å². The van der Waals surface area contributed by atoms with Crippen molar-refractivity contribution in [1.29, 1.82) is 0 Å². The van der Waals surface area contributed by atoms with Crippen LogP contribution in [-0.4, -0.2) is 53.7 Å². The molecule has 0 aromatic rings. The summed E-state index contributed by atoms with van der Waals surface area (Å²) in [6.45, 7) is 2.42. The van der Waals surface area contributed by atoms with E-state index in [4.69, 9.17) is 5.11 Å². The van der Waals surface area contributed by atoms with E-state index in [-0.39, 0.29) is 24.9 Å².